The molecule has 1 N–H and O–H groups in total. The Balaban J connectivity index is -0.000000130. The van der Waals surface area contributed by atoms with Crippen LogP contribution in [0.1, 0.15) is 76.6 Å². The summed E-state index contributed by atoms with van der Waals surface area (Å²) in [6, 6.07) is 0. The summed E-state index contributed by atoms with van der Waals surface area (Å²) in [6.45, 7) is 20.6. The first-order chi connectivity index (χ1) is 9.78. The van der Waals surface area contributed by atoms with E-state index in [-0.39, 0.29) is 24.8 Å². The normalized spacial score (nSPS) is 12.6. The molecule has 0 bridgehead atoms. The number of hydrogen-bond donors (Lipinski definition) is 1. The Kier molecular flexibility index (Phi) is 15.5. The SMILES string of the molecule is C=C(C)C.CCC(C)C(=O)O.CCC(C)C(=O)OC(C)(C)C.[H+]. The van der Waals surface area contributed by atoms with Crippen LogP contribution in [0.15, 0.2) is 12.2 Å². The number of esters is 1. The summed E-state index contributed by atoms with van der Waals surface area (Å²) in [7, 11) is 0. The minimum atomic E-state index is -0.706. The van der Waals surface area contributed by atoms with E-state index in [1.807, 2.05) is 55.4 Å². The van der Waals surface area contributed by atoms with E-state index >= 15 is 0 Å². The van der Waals surface area contributed by atoms with Crippen LogP contribution in [0.3, 0.4) is 0 Å². The van der Waals surface area contributed by atoms with Crippen molar-refractivity contribution in [2.45, 2.75) is 80.8 Å². The molecule has 0 heterocycles. The molecule has 0 aliphatic rings. The zero-order valence-electron chi connectivity index (χ0n) is 16.9. The second kappa shape index (κ2) is 13.4. The molecule has 4 nitrogen and oxygen atoms in total. The molecule has 4 heteroatoms. The molecule has 22 heavy (non-hydrogen) atoms. The van der Waals surface area contributed by atoms with Gasteiger partial charge >= 0.3 is 13.4 Å². The first-order valence-electron chi connectivity index (χ1n) is 7.86. The smallest absolute Gasteiger partial charge is 0.481 e. The molecular weight excluding hydrogens is 280 g/mol. The molecule has 0 rings (SSSR count). The van der Waals surface area contributed by atoms with Gasteiger partial charge in [-0.2, -0.15) is 0 Å². The van der Waals surface area contributed by atoms with Crippen molar-refractivity contribution >= 4 is 11.9 Å². The zero-order chi connectivity index (χ0) is 18.5. The Morgan fingerprint density at radius 3 is 1.55 bits per heavy atom. The number of carboxylic acids is 1. The lowest BCUT2D eigenvalue weighted by Crippen LogP contribution is -2.27. The fraction of sp³-hybridized carbons (Fsp3) is 0.778. The molecule has 0 aromatic carbocycles. The van der Waals surface area contributed by atoms with Crippen molar-refractivity contribution in [2.24, 2.45) is 11.8 Å². The lowest BCUT2D eigenvalue weighted by atomic mass is 10.1. The van der Waals surface area contributed by atoms with E-state index in [4.69, 9.17) is 9.84 Å². The van der Waals surface area contributed by atoms with E-state index < -0.39 is 5.97 Å². The molecule has 0 aromatic rings. The van der Waals surface area contributed by atoms with Crippen LogP contribution >= 0.6 is 0 Å². The highest BCUT2D eigenvalue weighted by Gasteiger charge is 2.19. The maximum Gasteiger partial charge on any atom is 1.00 e. The van der Waals surface area contributed by atoms with Gasteiger partial charge in [-0.15, -0.1) is 6.58 Å². The van der Waals surface area contributed by atoms with Gasteiger partial charge in [-0.05, 0) is 47.5 Å². The van der Waals surface area contributed by atoms with E-state index in [2.05, 4.69) is 6.58 Å². The van der Waals surface area contributed by atoms with Gasteiger partial charge < -0.3 is 9.84 Å². The van der Waals surface area contributed by atoms with Crippen LogP contribution in [0.5, 0.6) is 0 Å². The van der Waals surface area contributed by atoms with Gasteiger partial charge in [-0.25, -0.2) is 0 Å². The molecule has 2 atom stereocenters. The summed E-state index contributed by atoms with van der Waals surface area (Å²) in [4.78, 5) is 21.1. The third kappa shape index (κ3) is 23.7. The fourth-order valence-electron chi connectivity index (χ4n) is 0.744. The minimum absolute atomic E-state index is 0. The molecule has 0 saturated carbocycles. The summed E-state index contributed by atoms with van der Waals surface area (Å²) in [5.74, 6) is -0.961. The molecule has 0 saturated heterocycles. The van der Waals surface area contributed by atoms with Gasteiger partial charge in [0.05, 0.1) is 11.8 Å². The predicted octanol–water partition coefficient (Wildman–Crippen LogP) is 5.19. The van der Waals surface area contributed by atoms with Crippen LogP contribution in [0.4, 0.5) is 0 Å². The molecule has 0 radical (unpaired) electrons. The lowest BCUT2D eigenvalue weighted by Gasteiger charge is -2.21. The van der Waals surface area contributed by atoms with Crippen LogP contribution in [-0.4, -0.2) is 22.6 Å². The number of hydrogen-bond acceptors (Lipinski definition) is 3. The van der Waals surface area contributed by atoms with Crippen molar-refractivity contribution in [3.63, 3.8) is 0 Å². The Bertz CT molecular complexity index is 328. The zero-order valence-corrected chi connectivity index (χ0v) is 15.9. The summed E-state index contributed by atoms with van der Waals surface area (Å²) < 4.78 is 5.15. The summed E-state index contributed by atoms with van der Waals surface area (Å²) >= 11 is 0. The number of aliphatic carboxylic acids is 1. The standard InChI is InChI=1S/C9H18O2.C5H10O2.C4H8/c1-6-7(2)8(10)11-9(3,4)5;1-3-4(2)5(6)7;1-4(2)3/h7H,6H2,1-5H3;4H,3H2,1-2H3,(H,6,7);1H2,2-3H3/p+1. The molecule has 0 aliphatic carbocycles. The van der Waals surface area contributed by atoms with Gasteiger partial charge in [0.25, 0.3) is 0 Å². The third-order valence-corrected chi connectivity index (χ3v) is 2.46. The average molecular weight is 317 g/mol. The molecule has 2 unspecified atom stereocenters. The Morgan fingerprint density at radius 1 is 1.09 bits per heavy atom. The molecular formula is C18H37O4+. The maximum atomic E-state index is 11.2. The van der Waals surface area contributed by atoms with E-state index in [0.29, 0.717) is 0 Å². The van der Waals surface area contributed by atoms with Gasteiger partial charge in [0, 0.05) is 0 Å². The van der Waals surface area contributed by atoms with Crippen molar-refractivity contribution in [2.75, 3.05) is 0 Å². The number of allylic oxidation sites excluding steroid dienone is 1. The van der Waals surface area contributed by atoms with Gasteiger partial charge in [-0.3, -0.25) is 9.59 Å². The van der Waals surface area contributed by atoms with E-state index in [1.54, 1.807) is 6.92 Å². The second-order valence-corrected chi connectivity index (χ2v) is 6.70. The molecule has 0 amide bonds. The minimum Gasteiger partial charge on any atom is -0.481 e. The molecule has 0 fully saturated rings. The van der Waals surface area contributed by atoms with Gasteiger partial charge in [0.15, 0.2) is 0 Å². The number of carboxylic acid groups (broad SMARTS) is 1. The first-order valence-corrected chi connectivity index (χ1v) is 7.86. The fourth-order valence-corrected chi connectivity index (χ4v) is 0.744. The van der Waals surface area contributed by atoms with Crippen molar-refractivity contribution in [3.05, 3.63) is 12.2 Å². The Labute approximate surface area is 138 Å². The maximum absolute atomic E-state index is 11.2. The van der Waals surface area contributed by atoms with Crippen molar-refractivity contribution in [1.29, 1.82) is 0 Å². The molecule has 0 aromatic heterocycles. The quantitative estimate of drug-likeness (QED) is 0.572. The van der Waals surface area contributed by atoms with E-state index in [9.17, 15) is 9.59 Å². The Hall–Kier alpha value is -1.32. The second-order valence-electron chi connectivity index (χ2n) is 6.70. The van der Waals surface area contributed by atoms with Crippen LogP contribution in [0.2, 0.25) is 0 Å². The summed E-state index contributed by atoms with van der Waals surface area (Å²) in [5.41, 5.74) is 0.820. The number of carbonyl (C=O) groups is 2. The number of rotatable bonds is 4. The number of ether oxygens (including phenoxy) is 1. The van der Waals surface area contributed by atoms with Crippen LogP contribution in [-0.2, 0) is 14.3 Å². The molecule has 132 valence electrons. The molecule has 0 spiro atoms. The van der Waals surface area contributed by atoms with Crippen molar-refractivity contribution in [3.8, 4) is 0 Å². The summed E-state index contributed by atoms with van der Waals surface area (Å²) in [6.07, 6.45) is 1.56. The van der Waals surface area contributed by atoms with Crippen molar-refractivity contribution in [1.82, 2.24) is 0 Å². The lowest BCUT2D eigenvalue weighted by molar-refractivity contribution is -0.159. The van der Waals surface area contributed by atoms with E-state index in [1.165, 1.54) is 5.57 Å². The highest BCUT2D eigenvalue weighted by molar-refractivity contribution is 5.72. The third-order valence-electron chi connectivity index (χ3n) is 2.46. The average Bonchev–Trinajstić information content (AvgIpc) is 2.34. The van der Waals surface area contributed by atoms with Crippen LogP contribution in [0.25, 0.3) is 0 Å². The first kappa shape index (κ1) is 25.6. The predicted molar refractivity (Wildman–Crippen MR) is 94.0 cm³/mol. The largest absolute Gasteiger partial charge is 1.00 e. The van der Waals surface area contributed by atoms with Crippen LogP contribution < -0.4 is 0 Å². The van der Waals surface area contributed by atoms with E-state index in [0.717, 1.165) is 12.8 Å². The molecule has 0 aliphatic heterocycles. The highest BCUT2D eigenvalue weighted by Crippen LogP contribution is 2.12. The monoisotopic (exact) mass is 317 g/mol. The topological polar surface area (TPSA) is 63.6 Å². The number of carbonyl (C=O) groups excluding carboxylic acids is 1. The van der Waals surface area contributed by atoms with Crippen LogP contribution in [0, 0.1) is 11.8 Å². The van der Waals surface area contributed by atoms with Gasteiger partial charge in [-0.1, -0.05) is 33.3 Å². The Morgan fingerprint density at radius 2 is 1.41 bits per heavy atom. The highest BCUT2D eigenvalue weighted by atomic mass is 16.6. The van der Waals surface area contributed by atoms with Gasteiger partial charge in [0.2, 0.25) is 0 Å². The summed E-state index contributed by atoms with van der Waals surface area (Å²) in [5, 5.41) is 8.18. The van der Waals surface area contributed by atoms with Crippen molar-refractivity contribution < 1.29 is 20.9 Å². The van der Waals surface area contributed by atoms with Gasteiger partial charge in [0.1, 0.15) is 5.60 Å².